The molecule has 3 nitrogen and oxygen atoms in total. The minimum atomic E-state index is -2.93. The third-order valence-electron chi connectivity index (χ3n) is 1.38. The second-order valence-corrected chi connectivity index (χ2v) is 2.74. The first-order chi connectivity index (χ1) is 6.63. The maximum Gasteiger partial charge on any atom is 0.387 e. The average molecular weight is 222 g/mol. The van der Waals surface area contributed by atoms with E-state index in [-0.39, 0.29) is 11.3 Å². The standard InChI is InChI=1S/C8H6ClF2NO2/c9-6-1-2-7(14-8(10)11)5(3-6)4-12-13/h1-4,8,13H. The van der Waals surface area contributed by atoms with E-state index < -0.39 is 6.61 Å². The summed E-state index contributed by atoms with van der Waals surface area (Å²) < 4.78 is 27.9. The van der Waals surface area contributed by atoms with Crippen LogP contribution in [0.3, 0.4) is 0 Å². The highest BCUT2D eigenvalue weighted by atomic mass is 35.5. The van der Waals surface area contributed by atoms with Crippen LogP contribution in [0.4, 0.5) is 8.78 Å². The van der Waals surface area contributed by atoms with Gasteiger partial charge in [0.15, 0.2) is 0 Å². The second-order valence-electron chi connectivity index (χ2n) is 2.31. The normalized spacial score (nSPS) is 11.1. The quantitative estimate of drug-likeness (QED) is 0.484. The molecule has 0 aliphatic carbocycles. The molecule has 0 aromatic heterocycles. The van der Waals surface area contributed by atoms with Gasteiger partial charge in [0, 0.05) is 10.6 Å². The molecule has 0 aliphatic heterocycles. The first kappa shape index (κ1) is 10.7. The number of rotatable bonds is 3. The zero-order valence-electron chi connectivity index (χ0n) is 6.82. The Morgan fingerprint density at radius 2 is 2.21 bits per heavy atom. The van der Waals surface area contributed by atoms with Gasteiger partial charge >= 0.3 is 6.61 Å². The largest absolute Gasteiger partial charge is 0.434 e. The van der Waals surface area contributed by atoms with Crippen LogP contribution >= 0.6 is 11.6 Å². The van der Waals surface area contributed by atoms with Gasteiger partial charge in [-0.25, -0.2) is 0 Å². The maximum atomic E-state index is 11.9. The molecule has 14 heavy (non-hydrogen) atoms. The van der Waals surface area contributed by atoms with Gasteiger partial charge in [0.1, 0.15) is 5.75 Å². The van der Waals surface area contributed by atoms with Crippen LogP contribution in [0.25, 0.3) is 0 Å². The summed E-state index contributed by atoms with van der Waals surface area (Å²) in [5.41, 5.74) is 0.181. The number of ether oxygens (including phenoxy) is 1. The third kappa shape index (κ3) is 2.85. The fourth-order valence-electron chi connectivity index (χ4n) is 0.886. The highest BCUT2D eigenvalue weighted by molar-refractivity contribution is 6.30. The summed E-state index contributed by atoms with van der Waals surface area (Å²) in [5, 5.41) is 11.3. The van der Waals surface area contributed by atoms with E-state index in [1.807, 2.05) is 0 Å². The van der Waals surface area contributed by atoms with E-state index >= 15 is 0 Å². The summed E-state index contributed by atoms with van der Waals surface area (Å²) >= 11 is 5.60. The number of hydrogen-bond acceptors (Lipinski definition) is 3. The first-order valence-electron chi connectivity index (χ1n) is 3.55. The lowest BCUT2D eigenvalue weighted by Crippen LogP contribution is -2.04. The lowest BCUT2D eigenvalue weighted by Gasteiger charge is -2.07. The van der Waals surface area contributed by atoms with Crippen LogP contribution in [0.5, 0.6) is 5.75 Å². The molecule has 0 saturated heterocycles. The Morgan fingerprint density at radius 1 is 1.50 bits per heavy atom. The Kier molecular flexibility index (Phi) is 3.64. The molecular weight excluding hydrogens is 216 g/mol. The summed E-state index contributed by atoms with van der Waals surface area (Å²) in [4.78, 5) is 0. The Bertz CT molecular complexity index is 344. The van der Waals surface area contributed by atoms with Gasteiger partial charge in [0.25, 0.3) is 0 Å². The molecule has 6 heteroatoms. The summed E-state index contributed by atoms with van der Waals surface area (Å²) in [5.74, 6) is -0.0952. The van der Waals surface area contributed by atoms with Gasteiger partial charge in [-0.15, -0.1) is 0 Å². The number of halogens is 3. The monoisotopic (exact) mass is 221 g/mol. The predicted molar refractivity (Wildman–Crippen MR) is 47.5 cm³/mol. The van der Waals surface area contributed by atoms with Crippen molar-refractivity contribution >= 4 is 17.8 Å². The van der Waals surface area contributed by atoms with Crippen molar-refractivity contribution in [1.29, 1.82) is 0 Å². The second kappa shape index (κ2) is 4.76. The van der Waals surface area contributed by atoms with Crippen molar-refractivity contribution in [2.24, 2.45) is 5.16 Å². The van der Waals surface area contributed by atoms with Crippen molar-refractivity contribution in [1.82, 2.24) is 0 Å². The SMILES string of the molecule is ON=Cc1cc(Cl)ccc1OC(F)F. The first-order valence-corrected chi connectivity index (χ1v) is 3.93. The van der Waals surface area contributed by atoms with Gasteiger partial charge in [-0.2, -0.15) is 8.78 Å². The van der Waals surface area contributed by atoms with Gasteiger partial charge < -0.3 is 9.94 Å². The van der Waals surface area contributed by atoms with Crippen LogP contribution in [0.15, 0.2) is 23.4 Å². The number of nitrogens with zero attached hydrogens (tertiary/aromatic N) is 1. The highest BCUT2D eigenvalue weighted by Crippen LogP contribution is 2.22. The molecule has 0 unspecified atom stereocenters. The van der Waals surface area contributed by atoms with Crippen LogP contribution in [-0.4, -0.2) is 18.0 Å². The van der Waals surface area contributed by atoms with Crippen molar-refractivity contribution in [3.63, 3.8) is 0 Å². The third-order valence-corrected chi connectivity index (χ3v) is 1.62. The molecule has 0 heterocycles. The molecule has 0 bridgehead atoms. The average Bonchev–Trinajstić information content (AvgIpc) is 2.09. The Labute approximate surface area is 83.6 Å². The zero-order valence-corrected chi connectivity index (χ0v) is 7.58. The summed E-state index contributed by atoms with van der Waals surface area (Å²) in [6.45, 7) is -2.93. The molecule has 0 aliphatic rings. The topological polar surface area (TPSA) is 41.8 Å². The molecule has 76 valence electrons. The lowest BCUT2D eigenvalue weighted by molar-refractivity contribution is -0.0499. The van der Waals surface area contributed by atoms with Gasteiger partial charge in [-0.1, -0.05) is 16.8 Å². The predicted octanol–water partition coefficient (Wildman–Crippen LogP) is 2.75. The minimum Gasteiger partial charge on any atom is -0.434 e. The van der Waals surface area contributed by atoms with Crippen LogP contribution in [0, 0.1) is 0 Å². The summed E-state index contributed by atoms with van der Waals surface area (Å²) in [7, 11) is 0. The van der Waals surface area contributed by atoms with E-state index in [2.05, 4.69) is 9.89 Å². The highest BCUT2D eigenvalue weighted by Gasteiger charge is 2.08. The van der Waals surface area contributed by atoms with Gasteiger partial charge in [0.05, 0.1) is 6.21 Å². The van der Waals surface area contributed by atoms with Crippen molar-refractivity contribution < 1.29 is 18.7 Å². The molecule has 1 aromatic rings. The van der Waals surface area contributed by atoms with Crippen molar-refractivity contribution in [3.05, 3.63) is 28.8 Å². The smallest absolute Gasteiger partial charge is 0.387 e. The van der Waals surface area contributed by atoms with E-state index in [0.717, 1.165) is 6.21 Å². The van der Waals surface area contributed by atoms with Crippen molar-refractivity contribution in [2.45, 2.75) is 6.61 Å². The number of oxime groups is 1. The molecular formula is C8H6ClF2NO2. The molecule has 0 fully saturated rings. The molecule has 1 N–H and O–H groups in total. The Morgan fingerprint density at radius 3 is 2.79 bits per heavy atom. The van der Waals surface area contributed by atoms with Crippen LogP contribution < -0.4 is 4.74 Å². The summed E-state index contributed by atoms with van der Waals surface area (Å²) in [6.07, 6.45) is 0.962. The van der Waals surface area contributed by atoms with Crippen LogP contribution in [0.2, 0.25) is 5.02 Å². The van der Waals surface area contributed by atoms with E-state index in [9.17, 15) is 8.78 Å². The van der Waals surface area contributed by atoms with Gasteiger partial charge in [-0.05, 0) is 18.2 Å². The lowest BCUT2D eigenvalue weighted by atomic mass is 10.2. The van der Waals surface area contributed by atoms with E-state index in [4.69, 9.17) is 16.8 Å². The molecule has 1 aromatic carbocycles. The fourth-order valence-corrected chi connectivity index (χ4v) is 1.07. The van der Waals surface area contributed by atoms with Gasteiger partial charge in [-0.3, -0.25) is 0 Å². The van der Waals surface area contributed by atoms with E-state index in [0.29, 0.717) is 5.02 Å². The molecule has 0 spiro atoms. The fraction of sp³-hybridized carbons (Fsp3) is 0.125. The molecule has 1 rings (SSSR count). The Balaban J connectivity index is 3.01. The van der Waals surface area contributed by atoms with Crippen LogP contribution in [-0.2, 0) is 0 Å². The number of hydrogen-bond donors (Lipinski definition) is 1. The van der Waals surface area contributed by atoms with Crippen LogP contribution in [0.1, 0.15) is 5.56 Å². The molecule has 0 atom stereocenters. The Hall–Kier alpha value is -1.36. The zero-order chi connectivity index (χ0) is 10.6. The van der Waals surface area contributed by atoms with E-state index in [1.54, 1.807) is 0 Å². The minimum absolute atomic E-state index is 0.0952. The molecule has 0 amide bonds. The van der Waals surface area contributed by atoms with E-state index in [1.165, 1.54) is 18.2 Å². The molecule has 0 saturated carbocycles. The van der Waals surface area contributed by atoms with Crippen molar-refractivity contribution in [2.75, 3.05) is 0 Å². The molecule has 0 radical (unpaired) electrons. The summed E-state index contributed by atoms with van der Waals surface area (Å²) in [6, 6.07) is 4.01. The van der Waals surface area contributed by atoms with Crippen molar-refractivity contribution in [3.8, 4) is 5.75 Å². The number of alkyl halides is 2. The van der Waals surface area contributed by atoms with Gasteiger partial charge in [0.2, 0.25) is 0 Å². The maximum absolute atomic E-state index is 11.9. The number of benzene rings is 1.